The van der Waals surface area contributed by atoms with Crippen molar-refractivity contribution in [2.45, 2.75) is 95.2 Å². The minimum atomic E-state index is -0.752. The second-order valence-corrected chi connectivity index (χ2v) is 6.57. The van der Waals surface area contributed by atoms with Gasteiger partial charge < -0.3 is 25.2 Å². The van der Waals surface area contributed by atoms with E-state index in [1.54, 1.807) is 12.2 Å². The molecule has 0 spiro atoms. The summed E-state index contributed by atoms with van der Waals surface area (Å²) < 4.78 is 5.69. The van der Waals surface area contributed by atoms with Gasteiger partial charge in [-0.25, -0.2) is 0 Å². The third-order valence-electron chi connectivity index (χ3n) is 4.45. The van der Waals surface area contributed by atoms with E-state index in [2.05, 4.69) is 0 Å². The van der Waals surface area contributed by atoms with Crippen molar-refractivity contribution >= 4 is 5.97 Å². The van der Waals surface area contributed by atoms with Gasteiger partial charge in [-0.3, -0.25) is 4.79 Å². The third kappa shape index (κ3) is 8.24. The molecule has 0 aromatic carbocycles. The molecule has 140 valence electrons. The van der Waals surface area contributed by atoms with Crippen LogP contribution in [0.1, 0.15) is 64.7 Å². The van der Waals surface area contributed by atoms with Gasteiger partial charge in [-0.15, -0.1) is 0 Å². The summed E-state index contributed by atoms with van der Waals surface area (Å²) in [6, 6.07) is 0. The van der Waals surface area contributed by atoms with Crippen molar-refractivity contribution in [1.82, 2.24) is 0 Å². The average Bonchev–Trinajstić information content (AvgIpc) is 2.92. The summed E-state index contributed by atoms with van der Waals surface area (Å²) in [7, 11) is 0. The molecular formula is C18H32O6. The van der Waals surface area contributed by atoms with E-state index >= 15 is 0 Å². The molecule has 0 aromatic heterocycles. The van der Waals surface area contributed by atoms with Gasteiger partial charge >= 0.3 is 5.97 Å². The first-order chi connectivity index (χ1) is 11.4. The zero-order chi connectivity index (χ0) is 17.9. The molecule has 6 nitrogen and oxygen atoms in total. The molecule has 1 aliphatic heterocycles. The Morgan fingerprint density at radius 2 is 1.88 bits per heavy atom. The smallest absolute Gasteiger partial charge is 0.303 e. The lowest BCUT2D eigenvalue weighted by Gasteiger charge is -2.18. The number of rotatable bonds is 12. The Labute approximate surface area is 144 Å². The Hall–Kier alpha value is -0.950. The second-order valence-electron chi connectivity index (χ2n) is 6.57. The number of ether oxygens (including phenoxy) is 1. The molecule has 1 fully saturated rings. The standard InChI is InChI=1S/C18H32O6/c1-2-13(19)10-11-16-15(21)12-17(24-16)14(20)8-6-4-3-5-7-9-18(22)23/h10-11,13-17,19-21H,2-9,12H2,1H3,(H,22,23)/b11-10+/t13-,14+,15-,16+,17+/m1/s1. The largest absolute Gasteiger partial charge is 0.481 e. The highest BCUT2D eigenvalue weighted by Gasteiger charge is 2.36. The molecule has 5 atom stereocenters. The van der Waals surface area contributed by atoms with E-state index < -0.39 is 30.4 Å². The average molecular weight is 344 g/mol. The van der Waals surface area contributed by atoms with Crippen molar-refractivity contribution < 1.29 is 30.0 Å². The summed E-state index contributed by atoms with van der Waals surface area (Å²) in [6.07, 6.45) is 6.89. The fourth-order valence-electron chi connectivity index (χ4n) is 2.86. The molecule has 1 saturated heterocycles. The number of hydrogen-bond donors (Lipinski definition) is 4. The second kappa shape index (κ2) is 11.6. The highest BCUT2D eigenvalue weighted by atomic mass is 16.5. The van der Waals surface area contributed by atoms with E-state index in [-0.39, 0.29) is 12.5 Å². The topological polar surface area (TPSA) is 107 Å². The van der Waals surface area contributed by atoms with Crippen LogP contribution in [0.2, 0.25) is 0 Å². The normalized spacial score (nSPS) is 26.8. The van der Waals surface area contributed by atoms with Gasteiger partial charge in [0.1, 0.15) is 6.10 Å². The maximum absolute atomic E-state index is 10.4. The van der Waals surface area contributed by atoms with Gasteiger partial charge in [0.25, 0.3) is 0 Å². The van der Waals surface area contributed by atoms with Crippen molar-refractivity contribution in [3.8, 4) is 0 Å². The number of carboxylic acid groups (broad SMARTS) is 1. The number of carbonyl (C=O) groups is 1. The molecule has 0 aliphatic carbocycles. The summed E-state index contributed by atoms with van der Waals surface area (Å²) in [5, 5.41) is 38.2. The van der Waals surface area contributed by atoms with E-state index in [1.165, 1.54) is 0 Å². The number of aliphatic hydroxyl groups excluding tert-OH is 3. The first kappa shape index (κ1) is 21.1. The molecule has 6 heteroatoms. The van der Waals surface area contributed by atoms with Crippen molar-refractivity contribution in [3.05, 3.63) is 12.2 Å². The van der Waals surface area contributed by atoms with Crippen LogP contribution in [0.4, 0.5) is 0 Å². The molecule has 24 heavy (non-hydrogen) atoms. The Morgan fingerprint density at radius 1 is 1.21 bits per heavy atom. The summed E-state index contributed by atoms with van der Waals surface area (Å²) >= 11 is 0. The zero-order valence-electron chi connectivity index (χ0n) is 14.5. The predicted octanol–water partition coefficient (Wildman–Crippen LogP) is 2.01. The van der Waals surface area contributed by atoms with Crippen LogP contribution in [0.15, 0.2) is 12.2 Å². The Balaban J connectivity index is 2.18. The predicted molar refractivity (Wildman–Crippen MR) is 90.7 cm³/mol. The van der Waals surface area contributed by atoms with Gasteiger partial charge in [-0.1, -0.05) is 44.8 Å². The Kier molecular flexibility index (Phi) is 10.2. The minimum absolute atomic E-state index is 0.220. The summed E-state index contributed by atoms with van der Waals surface area (Å²) in [5.41, 5.74) is 0. The number of unbranched alkanes of at least 4 members (excludes halogenated alkanes) is 4. The van der Waals surface area contributed by atoms with Crippen molar-refractivity contribution in [2.24, 2.45) is 0 Å². The van der Waals surface area contributed by atoms with E-state index in [4.69, 9.17) is 9.84 Å². The van der Waals surface area contributed by atoms with E-state index in [0.29, 0.717) is 25.7 Å². The molecule has 1 heterocycles. The van der Waals surface area contributed by atoms with Crippen LogP contribution in [0, 0.1) is 0 Å². The molecule has 1 aliphatic rings. The van der Waals surface area contributed by atoms with Gasteiger partial charge in [0, 0.05) is 12.8 Å². The molecule has 0 bridgehead atoms. The van der Waals surface area contributed by atoms with Crippen LogP contribution < -0.4 is 0 Å². The number of aliphatic hydroxyl groups is 3. The quantitative estimate of drug-likeness (QED) is 0.319. The first-order valence-electron chi connectivity index (χ1n) is 9.03. The lowest BCUT2D eigenvalue weighted by Crippen LogP contribution is -2.26. The van der Waals surface area contributed by atoms with Crippen LogP contribution in [-0.2, 0) is 9.53 Å². The van der Waals surface area contributed by atoms with Gasteiger partial charge in [0.05, 0.1) is 24.4 Å². The van der Waals surface area contributed by atoms with Crippen LogP contribution in [0.3, 0.4) is 0 Å². The molecule has 0 unspecified atom stereocenters. The maximum Gasteiger partial charge on any atom is 0.303 e. The first-order valence-corrected chi connectivity index (χ1v) is 9.03. The Bertz CT molecular complexity index is 384. The van der Waals surface area contributed by atoms with Crippen LogP contribution >= 0.6 is 0 Å². The Morgan fingerprint density at radius 3 is 2.54 bits per heavy atom. The number of carboxylic acids is 1. The molecular weight excluding hydrogens is 312 g/mol. The minimum Gasteiger partial charge on any atom is -0.481 e. The molecule has 0 saturated carbocycles. The summed E-state index contributed by atoms with van der Waals surface area (Å²) in [4.78, 5) is 10.4. The van der Waals surface area contributed by atoms with Crippen LogP contribution in [0.5, 0.6) is 0 Å². The van der Waals surface area contributed by atoms with E-state index in [0.717, 1.165) is 25.7 Å². The van der Waals surface area contributed by atoms with E-state index in [1.807, 2.05) is 6.92 Å². The molecule has 0 amide bonds. The van der Waals surface area contributed by atoms with Crippen LogP contribution in [-0.4, -0.2) is 56.9 Å². The van der Waals surface area contributed by atoms with Crippen LogP contribution in [0.25, 0.3) is 0 Å². The zero-order valence-corrected chi connectivity index (χ0v) is 14.5. The molecule has 4 N–H and O–H groups in total. The van der Waals surface area contributed by atoms with Crippen molar-refractivity contribution in [2.75, 3.05) is 0 Å². The van der Waals surface area contributed by atoms with Gasteiger partial charge in [-0.05, 0) is 19.3 Å². The molecule has 0 radical (unpaired) electrons. The van der Waals surface area contributed by atoms with Gasteiger partial charge in [-0.2, -0.15) is 0 Å². The highest BCUT2D eigenvalue weighted by molar-refractivity contribution is 5.66. The SMILES string of the molecule is CC[C@@H](O)/C=C/[C@@H]1O[C@H]([C@@H](O)CCCCCCCC(=O)O)C[C@H]1O. The lowest BCUT2D eigenvalue weighted by molar-refractivity contribution is -0.137. The maximum atomic E-state index is 10.4. The van der Waals surface area contributed by atoms with Crippen molar-refractivity contribution in [1.29, 1.82) is 0 Å². The number of hydrogen-bond acceptors (Lipinski definition) is 5. The summed E-state index contributed by atoms with van der Waals surface area (Å²) in [6.45, 7) is 1.87. The fourth-order valence-corrected chi connectivity index (χ4v) is 2.86. The van der Waals surface area contributed by atoms with E-state index in [9.17, 15) is 20.1 Å². The highest BCUT2D eigenvalue weighted by Crippen LogP contribution is 2.26. The summed E-state index contributed by atoms with van der Waals surface area (Å²) in [5.74, 6) is -0.752. The lowest BCUT2D eigenvalue weighted by atomic mass is 10.0. The van der Waals surface area contributed by atoms with Crippen molar-refractivity contribution in [3.63, 3.8) is 0 Å². The fraction of sp³-hybridized carbons (Fsp3) is 0.833. The third-order valence-corrected chi connectivity index (χ3v) is 4.45. The molecule has 1 rings (SSSR count). The van der Waals surface area contributed by atoms with Gasteiger partial charge in [0.2, 0.25) is 0 Å². The monoisotopic (exact) mass is 344 g/mol. The molecule has 0 aromatic rings. The number of aliphatic carboxylic acids is 1. The van der Waals surface area contributed by atoms with Gasteiger partial charge in [0.15, 0.2) is 0 Å².